The summed E-state index contributed by atoms with van der Waals surface area (Å²) in [4.78, 5) is 22.8. The average Bonchev–Trinajstić information content (AvgIpc) is 2.54. The van der Waals surface area contributed by atoms with Crippen LogP contribution in [-0.2, 0) is 19.6 Å². The Bertz CT molecular complexity index is 641. The van der Waals surface area contributed by atoms with Crippen LogP contribution in [0.4, 0.5) is 0 Å². The highest BCUT2D eigenvalue weighted by Crippen LogP contribution is 2.10. The molecule has 24 heavy (non-hydrogen) atoms. The molecule has 0 aromatic heterocycles. The van der Waals surface area contributed by atoms with Crippen molar-refractivity contribution < 1.29 is 22.7 Å². The highest BCUT2D eigenvalue weighted by atomic mass is 32.2. The summed E-state index contributed by atoms with van der Waals surface area (Å²) in [5.41, 5.74) is 0.445. The third-order valence-electron chi connectivity index (χ3n) is 3.21. The number of benzene rings is 1. The molecule has 0 aliphatic heterocycles. The van der Waals surface area contributed by atoms with E-state index in [4.69, 9.17) is 4.74 Å². The van der Waals surface area contributed by atoms with E-state index in [1.807, 2.05) is 6.92 Å². The van der Waals surface area contributed by atoms with Crippen molar-refractivity contribution in [1.82, 2.24) is 10.0 Å². The van der Waals surface area contributed by atoms with Crippen molar-refractivity contribution in [2.75, 3.05) is 26.3 Å². The predicted molar refractivity (Wildman–Crippen MR) is 90.4 cm³/mol. The van der Waals surface area contributed by atoms with Gasteiger partial charge in [-0.3, -0.25) is 9.59 Å². The Hall–Kier alpha value is -1.77. The highest BCUT2D eigenvalue weighted by Gasteiger charge is 2.14. The lowest BCUT2D eigenvalue weighted by Crippen LogP contribution is -2.31. The van der Waals surface area contributed by atoms with Crippen LogP contribution in [0.15, 0.2) is 29.2 Å². The van der Waals surface area contributed by atoms with Crippen LogP contribution in [-0.4, -0.2) is 46.4 Å². The second-order valence-corrected chi connectivity index (χ2v) is 6.90. The largest absolute Gasteiger partial charge is 0.382 e. The quantitative estimate of drug-likeness (QED) is 0.457. The molecule has 0 radical (unpaired) electrons. The van der Waals surface area contributed by atoms with Gasteiger partial charge in [-0.25, -0.2) is 13.1 Å². The summed E-state index contributed by atoms with van der Waals surface area (Å²) in [5.74, 6) is -0.353. The number of amides is 1. The number of nitrogens with one attached hydrogen (secondary N) is 2. The van der Waals surface area contributed by atoms with E-state index in [0.29, 0.717) is 31.7 Å². The van der Waals surface area contributed by atoms with E-state index in [1.165, 1.54) is 31.2 Å². The smallest absolute Gasteiger partial charge is 0.240 e. The van der Waals surface area contributed by atoms with Crippen molar-refractivity contribution >= 4 is 21.7 Å². The van der Waals surface area contributed by atoms with Gasteiger partial charge < -0.3 is 10.1 Å². The van der Waals surface area contributed by atoms with Crippen LogP contribution in [0.5, 0.6) is 0 Å². The Balaban J connectivity index is 2.37. The molecular weight excluding hydrogens is 332 g/mol. The normalized spacial score (nSPS) is 11.2. The molecule has 0 fully saturated rings. The van der Waals surface area contributed by atoms with E-state index in [1.54, 1.807) is 0 Å². The second-order valence-electron chi connectivity index (χ2n) is 5.13. The maximum atomic E-state index is 12.1. The maximum absolute atomic E-state index is 12.1. The van der Waals surface area contributed by atoms with Crippen molar-refractivity contribution in [2.24, 2.45) is 0 Å². The molecule has 0 aliphatic rings. The summed E-state index contributed by atoms with van der Waals surface area (Å²) in [7, 11) is -3.69. The fourth-order valence-corrected chi connectivity index (χ4v) is 2.92. The number of carbonyl (C=O) groups is 2. The van der Waals surface area contributed by atoms with Gasteiger partial charge in [0.2, 0.25) is 15.9 Å². The Morgan fingerprint density at radius 2 is 1.79 bits per heavy atom. The Kier molecular flexibility index (Phi) is 8.59. The molecule has 1 rings (SSSR count). The van der Waals surface area contributed by atoms with Gasteiger partial charge >= 0.3 is 0 Å². The molecule has 0 bridgehead atoms. The molecule has 1 aromatic rings. The number of ketones is 1. The highest BCUT2D eigenvalue weighted by molar-refractivity contribution is 7.89. The Labute approximate surface area is 142 Å². The zero-order valence-corrected chi connectivity index (χ0v) is 14.8. The fourth-order valence-electron chi connectivity index (χ4n) is 1.89. The molecule has 7 nitrogen and oxygen atoms in total. The standard InChI is InChI=1S/C16H24N2O5S/c1-3-23-12-4-10-17-16(20)9-11-18-24(21,22)15-7-5-14(6-8-15)13(2)19/h5-8,18H,3-4,9-12H2,1-2H3,(H,17,20). The summed E-state index contributed by atoms with van der Waals surface area (Å²) in [5, 5.41) is 2.70. The minimum absolute atomic E-state index is 0.00802. The molecule has 1 amide bonds. The lowest BCUT2D eigenvalue weighted by molar-refractivity contribution is -0.120. The van der Waals surface area contributed by atoms with Crippen molar-refractivity contribution in [1.29, 1.82) is 0 Å². The monoisotopic (exact) mass is 356 g/mol. The molecule has 0 saturated carbocycles. The van der Waals surface area contributed by atoms with Gasteiger partial charge in [0.15, 0.2) is 5.78 Å². The molecule has 0 spiro atoms. The number of hydrogen-bond donors (Lipinski definition) is 2. The molecule has 0 atom stereocenters. The van der Waals surface area contributed by atoms with Crippen LogP contribution >= 0.6 is 0 Å². The van der Waals surface area contributed by atoms with Crippen LogP contribution < -0.4 is 10.0 Å². The second kappa shape index (κ2) is 10.2. The van der Waals surface area contributed by atoms with Crippen LogP contribution in [0.2, 0.25) is 0 Å². The van der Waals surface area contributed by atoms with Gasteiger partial charge in [0.25, 0.3) is 0 Å². The molecule has 8 heteroatoms. The first-order valence-electron chi connectivity index (χ1n) is 7.82. The van der Waals surface area contributed by atoms with Gasteiger partial charge in [0, 0.05) is 38.3 Å². The first kappa shape index (κ1) is 20.3. The minimum atomic E-state index is -3.69. The number of rotatable bonds is 11. The molecule has 1 aromatic carbocycles. The van der Waals surface area contributed by atoms with Gasteiger partial charge in [-0.2, -0.15) is 0 Å². The van der Waals surface area contributed by atoms with Gasteiger partial charge in [-0.05, 0) is 32.4 Å². The van der Waals surface area contributed by atoms with E-state index in [9.17, 15) is 18.0 Å². The molecule has 0 aliphatic carbocycles. The van der Waals surface area contributed by atoms with Crippen molar-refractivity contribution in [3.05, 3.63) is 29.8 Å². The summed E-state index contributed by atoms with van der Waals surface area (Å²) >= 11 is 0. The summed E-state index contributed by atoms with van der Waals surface area (Å²) < 4.78 is 31.7. The van der Waals surface area contributed by atoms with Crippen molar-refractivity contribution in [2.45, 2.75) is 31.6 Å². The third kappa shape index (κ3) is 7.20. The van der Waals surface area contributed by atoms with E-state index in [0.717, 1.165) is 0 Å². The van der Waals surface area contributed by atoms with E-state index in [-0.39, 0.29) is 29.6 Å². The summed E-state index contributed by atoms with van der Waals surface area (Å²) in [6.07, 6.45) is 0.771. The van der Waals surface area contributed by atoms with Gasteiger partial charge in [-0.15, -0.1) is 0 Å². The van der Waals surface area contributed by atoms with Gasteiger partial charge in [0.05, 0.1) is 4.90 Å². The van der Waals surface area contributed by atoms with Crippen LogP contribution in [0, 0.1) is 0 Å². The minimum Gasteiger partial charge on any atom is -0.382 e. The number of Topliss-reactive ketones (excluding diaryl/α,β-unsaturated/α-hetero) is 1. The summed E-state index contributed by atoms with van der Waals surface area (Å²) in [6, 6.07) is 5.66. The number of carbonyl (C=O) groups excluding carboxylic acids is 2. The molecule has 134 valence electrons. The van der Waals surface area contributed by atoms with Gasteiger partial charge in [-0.1, -0.05) is 12.1 Å². The molecule has 0 unspecified atom stereocenters. The third-order valence-corrected chi connectivity index (χ3v) is 4.68. The zero-order valence-electron chi connectivity index (χ0n) is 14.0. The number of hydrogen-bond acceptors (Lipinski definition) is 5. The zero-order chi connectivity index (χ0) is 18.0. The molecular formula is C16H24N2O5S. The topological polar surface area (TPSA) is 102 Å². The van der Waals surface area contributed by atoms with Crippen LogP contribution in [0.3, 0.4) is 0 Å². The summed E-state index contributed by atoms with van der Waals surface area (Å²) in [6.45, 7) is 5.04. The maximum Gasteiger partial charge on any atom is 0.240 e. The number of sulfonamides is 1. The molecule has 0 saturated heterocycles. The predicted octanol–water partition coefficient (Wildman–Crippen LogP) is 1.10. The lowest BCUT2D eigenvalue weighted by Gasteiger charge is -2.08. The van der Waals surface area contributed by atoms with E-state index in [2.05, 4.69) is 10.0 Å². The fraction of sp³-hybridized carbons (Fsp3) is 0.500. The molecule has 0 heterocycles. The van der Waals surface area contributed by atoms with Crippen molar-refractivity contribution in [3.63, 3.8) is 0 Å². The van der Waals surface area contributed by atoms with E-state index < -0.39 is 10.0 Å². The lowest BCUT2D eigenvalue weighted by atomic mass is 10.2. The number of ether oxygens (including phenoxy) is 1. The van der Waals surface area contributed by atoms with Gasteiger partial charge in [0.1, 0.15) is 0 Å². The van der Waals surface area contributed by atoms with Crippen LogP contribution in [0.25, 0.3) is 0 Å². The van der Waals surface area contributed by atoms with E-state index >= 15 is 0 Å². The first-order chi connectivity index (χ1) is 11.4. The molecule has 2 N–H and O–H groups in total. The Morgan fingerprint density at radius 3 is 2.38 bits per heavy atom. The van der Waals surface area contributed by atoms with Crippen molar-refractivity contribution in [3.8, 4) is 0 Å². The Morgan fingerprint density at radius 1 is 1.12 bits per heavy atom. The average molecular weight is 356 g/mol. The SMILES string of the molecule is CCOCCCNC(=O)CCNS(=O)(=O)c1ccc(C(C)=O)cc1. The van der Waals surface area contributed by atoms with Crippen LogP contribution in [0.1, 0.15) is 37.0 Å². The first-order valence-corrected chi connectivity index (χ1v) is 9.30.